The molecule has 3 N–H and O–H groups in total. The summed E-state index contributed by atoms with van der Waals surface area (Å²) >= 11 is 1.86. The van der Waals surface area contributed by atoms with E-state index in [9.17, 15) is 4.79 Å². The maximum atomic E-state index is 10.8. The largest absolute Gasteiger partial charge is 0.351 e. The molecule has 1 fully saturated rings. The summed E-state index contributed by atoms with van der Waals surface area (Å²) in [6.07, 6.45) is 1.09. The van der Waals surface area contributed by atoms with Crippen molar-refractivity contribution in [3.8, 4) is 0 Å². The number of amides is 1. The van der Waals surface area contributed by atoms with Crippen molar-refractivity contribution >= 4 is 17.7 Å². The monoisotopic (exact) mass is 188 g/mol. The summed E-state index contributed by atoms with van der Waals surface area (Å²) in [5.41, 5.74) is 5.95. The molecule has 70 valence electrons. The van der Waals surface area contributed by atoms with Crippen LogP contribution < -0.4 is 11.1 Å². The van der Waals surface area contributed by atoms with Crippen LogP contribution in [-0.4, -0.2) is 29.0 Å². The minimum Gasteiger partial charge on any atom is -0.351 e. The number of rotatable bonds is 2. The van der Waals surface area contributed by atoms with Crippen LogP contribution in [0.5, 0.6) is 0 Å². The quantitative estimate of drug-likeness (QED) is 0.657. The Morgan fingerprint density at radius 1 is 1.75 bits per heavy atom. The molecule has 0 spiro atoms. The van der Waals surface area contributed by atoms with Crippen molar-refractivity contribution in [2.45, 2.75) is 37.6 Å². The zero-order chi connectivity index (χ0) is 9.14. The highest BCUT2D eigenvalue weighted by molar-refractivity contribution is 8.00. The molecule has 1 aliphatic heterocycles. The highest BCUT2D eigenvalue weighted by Gasteiger charge is 2.32. The normalized spacial score (nSPS) is 35.1. The molecule has 0 aromatic rings. The topological polar surface area (TPSA) is 55.1 Å². The molecule has 0 radical (unpaired) electrons. The average Bonchev–Trinajstić information content (AvgIpc) is 2.32. The van der Waals surface area contributed by atoms with Gasteiger partial charge in [-0.2, -0.15) is 11.8 Å². The van der Waals surface area contributed by atoms with E-state index in [1.807, 2.05) is 11.8 Å². The molecule has 1 unspecified atom stereocenters. The van der Waals surface area contributed by atoms with Crippen LogP contribution in [0.15, 0.2) is 0 Å². The molecular formula is C8H16N2OS. The smallest absolute Gasteiger partial charge is 0.217 e. The van der Waals surface area contributed by atoms with Crippen molar-refractivity contribution in [3.05, 3.63) is 0 Å². The molecule has 1 saturated heterocycles. The molecule has 0 aromatic carbocycles. The maximum Gasteiger partial charge on any atom is 0.217 e. The van der Waals surface area contributed by atoms with Gasteiger partial charge in [0.1, 0.15) is 0 Å². The Hall–Kier alpha value is -0.220. The number of hydrogen-bond acceptors (Lipinski definition) is 3. The van der Waals surface area contributed by atoms with Crippen LogP contribution in [0.1, 0.15) is 20.3 Å². The predicted octanol–water partition coefficient (Wildman–Crippen LogP) is 0.344. The molecule has 0 aliphatic carbocycles. The highest BCUT2D eigenvalue weighted by atomic mass is 32.2. The Balaban J connectivity index is 2.43. The lowest BCUT2D eigenvalue weighted by molar-refractivity contribution is -0.119. The van der Waals surface area contributed by atoms with Gasteiger partial charge in [0.25, 0.3) is 0 Å². The first-order valence-corrected chi connectivity index (χ1v) is 5.34. The van der Waals surface area contributed by atoms with Gasteiger partial charge >= 0.3 is 0 Å². The molecule has 1 heterocycles. The lowest BCUT2D eigenvalue weighted by Gasteiger charge is -2.18. The summed E-state index contributed by atoms with van der Waals surface area (Å²) in [5, 5.41) is 3.39. The van der Waals surface area contributed by atoms with E-state index in [-0.39, 0.29) is 18.0 Å². The molecule has 0 bridgehead atoms. The third-order valence-corrected chi connectivity index (χ3v) is 3.80. The fraction of sp³-hybridized carbons (Fsp3) is 0.875. The van der Waals surface area contributed by atoms with Gasteiger partial charge in [0.05, 0.1) is 6.04 Å². The standard InChI is InChI=1S/C8H16N2OS/c1-3-7-8(9)6(4-12-7)10-5(2)11/h6-8H,3-4,9H2,1-2H3,(H,10,11)/t6-,7?,8-/m1/s1. The summed E-state index contributed by atoms with van der Waals surface area (Å²) in [5.74, 6) is 0.979. The maximum absolute atomic E-state index is 10.8. The number of carbonyl (C=O) groups is 1. The Kier molecular flexibility index (Phi) is 3.40. The molecule has 1 aliphatic rings. The molecular weight excluding hydrogens is 172 g/mol. The number of nitrogens with two attached hydrogens (primary N) is 1. The van der Waals surface area contributed by atoms with Gasteiger partial charge in [-0.3, -0.25) is 4.79 Å². The SMILES string of the molecule is CCC1SC[C@@H](NC(C)=O)[C@H]1N. The van der Waals surface area contributed by atoms with Crippen LogP contribution in [0.3, 0.4) is 0 Å². The number of hydrogen-bond donors (Lipinski definition) is 2. The average molecular weight is 188 g/mol. The first kappa shape index (κ1) is 9.86. The van der Waals surface area contributed by atoms with Gasteiger partial charge in [-0.15, -0.1) is 0 Å². The zero-order valence-corrected chi connectivity index (χ0v) is 8.36. The fourth-order valence-corrected chi connectivity index (χ4v) is 2.91. The molecule has 0 aromatic heterocycles. The third kappa shape index (κ3) is 2.14. The van der Waals surface area contributed by atoms with Crippen LogP contribution in [0.4, 0.5) is 0 Å². The lowest BCUT2D eigenvalue weighted by Crippen LogP contribution is -2.48. The van der Waals surface area contributed by atoms with E-state index < -0.39 is 0 Å². The van der Waals surface area contributed by atoms with Crippen LogP contribution in [0, 0.1) is 0 Å². The minimum absolute atomic E-state index is 0.0211. The van der Waals surface area contributed by atoms with Gasteiger partial charge in [0, 0.05) is 24.0 Å². The van der Waals surface area contributed by atoms with Crippen molar-refractivity contribution in [2.75, 3.05) is 5.75 Å². The first-order valence-electron chi connectivity index (χ1n) is 4.29. The summed E-state index contributed by atoms with van der Waals surface area (Å²) in [6, 6.07) is 0.307. The van der Waals surface area contributed by atoms with E-state index >= 15 is 0 Å². The predicted molar refractivity (Wildman–Crippen MR) is 52.1 cm³/mol. The first-order chi connectivity index (χ1) is 5.65. The molecule has 3 atom stereocenters. The molecule has 4 heteroatoms. The summed E-state index contributed by atoms with van der Waals surface area (Å²) < 4.78 is 0. The Labute approximate surface area is 77.5 Å². The van der Waals surface area contributed by atoms with Gasteiger partial charge in [0.2, 0.25) is 5.91 Å². The van der Waals surface area contributed by atoms with Gasteiger partial charge in [-0.05, 0) is 6.42 Å². The number of nitrogens with one attached hydrogen (secondary N) is 1. The van der Waals surface area contributed by atoms with Crippen molar-refractivity contribution < 1.29 is 4.79 Å². The van der Waals surface area contributed by atoms with E-state index in [1.165, 1.54) is 6.92 Å². The summed E-state index contributed by atoms with van der Waals surface area (Å²) in [4.78, 5) is 10.8. The Morgan fingerprint density at radius 3 is 2.83 bits per heavy atom. The lowest BCUT2D eigenvalue weighted by atomic mass is 10.1. The van der Waals surface area contributed by atoms with Crippen molar-refractivity contribution in [1.82, 2.24) is 5.32 Å². The van der Waals surface area contributed by atoms with Gasteiger partial charge in [0.15, 0.2) is 0 Å². The van der Waals surface area contributed by atoms with E-state index in [1.54, 1.807) is 0 Å². The van der Waals surface area contributed by atoms with Crippen molar-refractivity contribution in [3.63, 3.8) is 0 Å². The van der Waals surface area contributed by atoms with Crippen LogP contribution in [-0.2, 0) is 4.79 Å². The molecule has 3 nitrogen and oxygen atoms in total. The molecule has 1 amide bonds. The van der Waals surface area contributed by atoms with Crippen LogP contribution in [0.2, 0.25) is 0 Å². The van der Waals surface area contributed by atoms with Gasteiger partial charge < -0.3 is 11.1 Å². The zero-order valence-electron chi connectivity index (χ0n) is 7.54. The number of carbonyl (C=O) groups excluding carboxylic acids is 1. The van der Waals surface area contributed by atoms with E-state index in [0.717, 1.165) is 12.2 Å². The summed E-state index contributed by atoms with van der Waals surface area (Å²) in [7, 11) is 0. The second-order valence-electron chi connectivity index (χ2n) is 3.16. The van der Waals surface area contributed by atoms with Crippen LogP contribution >= 0.6 is 11.8 Å². The van der Waals surface area contributed by atoms with Crippen LogP contribution in [0.25, 0.3) is 0 Å². The fourth-order valence-electron chi connectivity index (χ4n) is 1.50. The van der Waals surface area contributed by atoms with Gasteiger partial charge in [-0.25, -0.2) is 0 Å². The van der Waals surface area contributed by atoms with Crippen molar-refractivity contribution in [2.24, 2.45) is 5.73 Å². The summed E-state index contributed by atoms with van der Waals surface area (Å²) in [6.45, 7) is 3.67. The minimum atomic E-state index is 0.0211. The highest BCUT2D eigenvalue weighted by Crippen LogP contribution is 2.27. The third-order valence-electron chi connectivity index (χ3n) is 2.17. The Morgan fingerprint density at radius 2 is 2.42 bits per heavy atom. The van der Waals surface area contributed by atoms with Crippen molar-refractivity contribution in [1.29, 1.82) is 0 Å². The molecule has 0 saturated carbocycles. The Bertz CT molecular complexity index is 174. The van der Waals surface area contributed by atoms with E-state index in [4.69, 9.17) is 5.73 Å². The van der Waals surface area contributed by atoms with E-state index in [0.29, 0.717) is 5.25 Å². The number of thioether (sulfide) groups is 1. The molecule has 1 rings (SSSR count). The van der Waals surface area contributed by atoms with E-state index in [2.05, 4.69) is 12.2 Å². The second kappa shape index (κ2) is 4.14. The van der Waals surface area contributed by atoms with Gasteiger partial charge in [-0.1, -0.05) is 6.92 Å². The second-order valence-corrected chi connectivity index (χ2v) is 4.44. The molecule has 12 heavy (non-hydrogen) atoms.